The Morgan fingerprint density at radius 2 is 1.93 bits per heavy atom. The lowest BCUT2D eigenvalue weighted by atomic mass is 9.43. The molecule has 28 heavy (non-hydrogen) atoms. The molecule has 4 bridgehead atoms. The predicted octanol–water partition coefficient (Wildman–Crippen LogP) is 4.39. The van der Waals surface area contributed by atoms with Crippen LogP contribution in [0.2, 0.25) is 0 Å². The topological polar surface area (TPSA) is 55.7 Å². The van der Waals surface area contributed by atoms with E-state index in [-0.39, 0.29) is 16.6 Å². The van der Waals surface area contributed by atoms with Crippen LogP contribution in [0.5, 0.6) is 0 Å². The zero-order valence-electron chi connectivity index (χ0n) is 16.3. The molecule has 4 aliphatic carbocycles. The molecule has 4 heteroatoms. The van der Waals surface area contributed by atoms with Gasteiger partial charge in [0.1, 0.15) is 5.69 Å². The standard InChI is InChI=1S/C24H25N3O/c1-17-2-3-18(14-27-17)4-5-23-9-19-8-20(10-23)12-24(11-19,16-23)13-22(28)21-15-25-6-7-26-21/h2-3,6-7,14-15,19-20H,8-13,16H2,1H3. The zero-order chi connectivity index (χ0) is 19.2. The van der Waals surface area contributed by atoms with E-state index in [0.717, 1.165) is 17.7 Å². The van der Waals surface area contributed by atoms with Crippen molar-refractivity contribution in [1.29, 1.82) is 0 Å². The van der Waals surface area contributed by atoms with Gasteiger partial charge in [0.05, 0.1) is 6.20 Å². The molecule has 2 atom stereocenters. The monoisotopic (exact) mass is 371 g/mol. The van der Waals surface area contributed by atoms with E-state index in [1.54, 1.807) is 18.6 Å². The SMILES string of the molecule is Cc1ccc(C#CC23CC4CC(C2)CC(CC(=O)c2cnccn2)(C4)C3)cn1. The number of rotatable bonds is 3. The molecule has 2 aromatic rings. The summed E-state index contributed by atoms with van der Waals surface area (Å²) in [6, 6.07) is 4.08. The number of hydrogen-bond acceptors (Lipinski definition) is 4. The van der Waals surface area contributed by atoms with Crippen LogP contribution in [0.25, 0.3) is 0 Å². The molecule has 4 nitrogen and oxygen atoms in total. The Balaban J connectivity index is 1.41. The Labute approximate surface area is 166 Å². The number of aromatic nitrogens is 3. The Kier molecular flexibility index (Phi) is 4.08. The van der Waals surface area contributed by atoms with Crippen molar-refractivity contribution in [3.05, 3.63) is 53.9 Å². The summed E-state index contributed by atoms with van der Waals surface area (Å²) in [5, 5.41) is 0. The lowest BCUT2D eigenvalue weighted by Gasteiger charge is -2.60. The van der Waals surface area contributed by atoms with Crippen LogP contribution in [0.15, 0.2) is 36.9 Å². The largest absolute Gasteiger partial charge is 0.292 e. The fourth-order valence-electron chi connectivity index (χ4n) is 6.43. The summed E-state index contributed by atoms with van der Waals surface area (Å²) in [6.45, 7) is 1.99. The first-order valence-corrected chi connectivity index (χ1v) is 10.3. The molecule has 0 amide bonds. The average molecular weight is 371 g/mol. The highest BCUT2D eigenvalue weighted by Crippen LogP contribution is 2.66. The number of hydrogen-bond donors (Lipinski definition) is 0. The molecule has 2 unspecified atom stereocenters. The molecule has 4 aliphatic rings. The van der Waals surface area contributed by atoms with Gasteiger partial charge in [-0.2, -0.15) is 0 Å². The molecule has 0 spiro atoms. The van der Waals surface area contributed by atoms with E-state index < -0.39 is 0 Å². The summed E-state index contributed by atoms with van der Waals surface area (Å²) in [4.78, 5) is 25.6. The van der Waals surface area contributed by atoms with Crippen molar-refractivity contribution < 1.29 is 4.79 Å². The van der Waals surface area contributed by atoms with Crippen LogP contribution in [0.3, 0.4) is 0 Å². The van der Waals surface area contributed by atoms with Gasteiger partial charge in [-0.25, -0.2) is 4.98 Å². The molecule has 0 N–H and O–H groups in total. The van der Waals surface area contributed by atoms with Crippen molar-refractivity contribution in [3.63, 3.8) is 0 Å². The van der Waals surface area contributed by atoms with Crippen LogP contribution in [0, 0.1) is 41.4 Å². The van der Waals surface area contributed by atoms with Crippen molar-refractivity contribution >= 4 is 5.78 Å². The molecule has 6 rings (SSSR count). The van der Waals surface area contributed by atoms with Gasteiger partial charge in [-0.1, -0.05) is 11.8 Å². The number of aryl methyl sites for hydroxylation is 1. The third-order valence-electron chi connectivity index (χ3n) is 6.95. The molecule has 2 aromatic heterocycles. The van der Waals surface area contributed by atoms with Gasteiger partial charge in [0.25, 0.3) is 0 Å². The number of carbonyl (C=O) groups is 1. The van der Waals surface area contributed by atoms with Crippen LogP contribution >= 0.6 is 0 Å². The first-order valence-electron chi connectivity index (χ1n) is 10.3. The van der Waals surface area contributed by atoms with Crippen molar-refractivity contribution in [2.24, 2.45) is 22.7 Å². The first kappa shape index (κ1) is 17.6. The maximum atomic E-state index is 12.9. The van der Waals surface area contributed by atoms with Gasteiger partial charge in [-0.05, 0) is 74.8 Å². The molecule has 4 saturated carbocycles. The highest BCUT2D eigenvalue weighted by atomic mass is 16.1. The van der Waals surface area contributed by atoms with Gasteiger partial charge in [-0.3, -0.25) is 14.8 Å². The van der Waals surface area contributed by atoms with E-state index in [4.69, 9.17) is 0 Å². The van der Waals surface area contributed by atoms with Gasteiger partial charge in [-0.15, -0.1) is 0 Å². The lowest BCUT2D eigenvalue weighted by molar-refractivity contribution is -0.0822. The number of pyridine rings is 1. The quantitative estimate of drug-likeness (QED) is 0.593. The second kappa shape index (κ2) is 6.51. The third kappa shape index (κ3) is 3.24. The Morgan fingerprint density at radius 1 is 1.11 bits per heavy atom. The minimum Gasteiger partial charge on any atom is -0.292 e. The number of Topliss-reactive ketones (excluding diaryl/α,β-unsaturated/α-hetero) is 1. The highest BCUT2D eigenvalue weighted by molar-refractivity contribution is 5.94. The third-order valence-corrected chi connectivity index (χ3v) is 6.95. The van der Waals surface area contributed by atoms with Crippen LogP contribution in [-0.2, 0) is 0 Å². The molecular weight excluding hydrogens is 346 g/mol. The summed E-state index contributed by atoms with van der Waals surface area (Å²) in [7, 11) is 0. The van der Waals surface area contributed by atoms with E-state index in [9.17, 15) is 4.79 Å². The van der Waals surface area contributed by atoms with Gasteiger partial charge in [0.2, 0.25) is 0 Å². The van der Waals surface area contributed by atoms with Gasteiger partial charge in [0.15, 0.2) is 5.78 Å². The molecule has 2 heterocycles. The van der Waals surface area contributed by atoms with Crippen LogP contribution in [-0.4, -0.2) is 20.7 Å². The summed E-state index contributed by atoms with van der Waals surface area (Å²) in [5.41, 5.74) is 2.67. The fourth-order valence-corrected chi connectivity index (χ4v) is 6.43. The van der Waals surface area contributed by atoms with Crippen LogP contribution in [0.4, 0.5) is 0 Å². The molecule has 0 aromatic carbocycles. The molecule has 0 aliphatic heterocycles. The highest BCUT2D eigenvalue weighted by Gasteiger charge is 2.57. The Hall–Kier alpha value is -2.54. The van der Waals surface area contributed by atoms with Gasteiger partial charge < -0.3 is 0 Å². The summed E-state index contributed by atoms with van der Waals surface area (Å²) >= 11 is 0. The summed E-state index contributed by atoms with van der Waals surface area (Å²) < 4.78 is 0. The van der Waals surface area contributed by atoms with Gasteiger partial charge >= 0.3 is 0 Å². The smallest absolute Gasteiger partial charge is 0.183 e. The van der Waals surface area contributed by atoms with Crippen molar-refractivity contribution in [3.8, 4) is 11.8 Å². The zero-order valence-corrected chi connectivity index (χ0v) is 16.3. The normalized spacial score (nSPS) is 32.6. The Bertz CT molecular complexity index is 941. The van der Waals surface area contributed by atoms with Crippen molar-refractivity contribution in [2.45, 2.75) is 51.9 Å². The number of carbonyl (C=O) groups excluding carboxylic acids is 1. The lowest BCUT2D eigenvalue weighted by Crippen LogP contribution is -2.52. The van der Waals surface area contributed by atoms with Crippen LogP contribution in [0.1, 0.15) is 66.7 Å². The average Bonchev–Trinajstić information content (AvgIpc) is 2.67. The maximum Gasteiger partial charge on any atom is 0.183 e. The predicted molar refractivity (Wildman–Crippen MR) is 106 cm³/mol. The molecular formula is C24H25N3O. The fraction of sp³-hybridized carbons (Fsp3) is 0.500. The van der Waals surface area contributed by atoms with E-state index in [2.05, 4.69) is 32.9 Å². The van der Waals surface area contributed by atoms with Crippen LogP contribution < -0.4 is 0 Å². The minimum atomic E-state index is 0.0671. The second-order valence-corrected chi connectivity index (χ2v) is 9.37. The molecule has 4 fully saturated rings. The number of ketones is 1. The van der Waals surface area contributed by atoms with Crippen molar-refractivity contribution in [1.82, 2.24) is 15.0 Å². The number of nitrogens with zero attached hydrogens (tertiary/aromatic N) is 3. The maximum absolute atomic E-state index is 12.9. The molecule has 142 valence electrons. The van der Waals surface area contributed by atoms with E-state index in [0.29, 0.717) is 24.0 Å². The van der Waals surface area contributed by atoms with Gasteiger partial charge in [0, 0.05) is 41.7 Å². The van der Waals surface area contributed by atoms with E-state index >= 15 is 0 Å². The minimum absolute atomic E-state index is 0.0671. The summed E-state index contributed by atoms with van der Waals surface area (Å²) in [5.74, 6) is 8.64. The molecule has 0 saturated heterocycles. The Morgan fingerprint density at radius 3 is 2.61 bits per heavy atom. The van der Waals surface area contributed by atoms with Crippen molar-refractivity contribution in [2.75, 3.05) is 0 Å². The molecule has 0 radical (unpaired) electrons. The summed E-state index contributed by atoms with van der Waals surface area (Å²) in [6.07, 6.45) is 14.4. The van der Waals surface area contributed by atoms with E-state index in [1.807, 2.05) is 19.2 Å². The van der Waals surface area contributed by atoms with E-state index in [1.165, 1.54) is 32.1 Å². The first-order chi connectivity index (χ1) is 13.5. The second-order valence-electron chi connectivity index (χ2n) is 9.37.